The Morgan fingerprint density at radius 1 is 1.17 bits per heavy atom. The molecule has 0 saturated heterocycles. The molecular weight excluding hydrogens is 146 g/mol. The van der Waals surface area contributed by atoms with Crippen LogP contribution in [-0.2, 0) is 0 Å². The van der Waals surface area contributed by atoms with Crippen LogP contribution in [0.1, 0.15) is 51.9 Å². The number of nitrogens with zero attached hydrogens (tertiary/aromatic N) is 1. The minimum absolute atomic E-state index is 0.477. The summed E-state index contributed by atoms with van der Waals surface area (Å²) in [7, 11) is 0. The van der Waals surface area contributed by atoms with Gasteiger partial charge < -0.3 is 0 Å². The second-order valence-electron chi connectivity index (χ2n) is 3.15. The highest BCUT2D eigenvalue weighted by molar-refractivity contribution is 5.12. The van der Waals surface area contributed by atoms with Crippen molar-refractivity contribution in [1.82, 2.24) is 0 Å². The maximum Gasteiger partial charge on any atom is 0.0947 e. The van der Waals surface area contributed by atoms with Crippen LogP contribution in [0.5, 0.6) is 0 Å². The first-order valence-electron chi connectivity index (χ1n) is 4.82. The van der Waals surface area contributed by atoms with E-state index in [0.29, 0.717) is 5.57 Å². The van der Waals surface area contributed by atoms with E-state index in [2.05, 4.69) is 6.92 Å². The summed E-state index contributed by atoms with van der Waals surface area (Å²) in [4.78, 5) is 0. The van der Waals surface area contributed by atoms with E-state index >= 15 is 0 Å². The van der Waals surface area contributed by atoms with Gasteiger partial charge in [0, 0.05) is 5.57 Å². The molecule has 0 aromatic heterocycles. The van der Waals surface area contributed by atoms with E-state index in [-0.39, 0.29) is 0 Å². The van der Waals surface area contributed by atoms with Crippen molar-refractivity contribution >= 4 is 0 Å². The van der Waals surface area contributed by atoms with E-state index in [1.165, 1.54) is 32.1 Å². The molecule has 0 N–H and O–H groups in total. The summed E-state index contributed by atoms with van der Waals surface area (Å²) in [5.74, 6) is 0. The molecule has 67 valence electrons. The van der Waals surface area contributed by atoms with Crippen molar-refractivity contribution in [1.29, 1.82) is 5.26 Å². The van der Waals surface area contributed by atoms with Gasteiger partial charge in [-0.05, 0) is 19.4 Å². The van der Waals surface area contributed by atoms with Crippen molar-refractivity contribution < 1.29 is 0 Å². The fourth-order valence-electron chi connectivity index (χ4n) is 1.15. The van der Waals surface area contributed by atoms with E-state index in [4.69, 9.17) is 11.8 Å². The van der Waals surface area contributed by atoms with Crippen molar-refractivity contribution in [3.63, 3.8) is 0 Å². The fourth-order valence-corrected chi connectivity index (χ4v) is 1.15. The van der Waals surface area contributed by atoms with Crippen LogP contribution in [0.25, 0.3) is 0 Å². The van der Waals surface area contributed by atoms with Gasteiger partial charge in [0.15, 0.2) is 0 Å². The average molecular weight is 164 g/mol. The molecular formula is C11H18N. The maximum atomic E-state index is 8.36. The largest absolute Gasteiger partial charge is 0.193 e. The lowest BCUT2D eigenvalue weighted by Gasteiger charge is -1.98. The van der Waals surface area contributed by atoms with Gasteiger partial charge in [0.2, 0.25) is 0 Å². The van der Waals surface area contributed by atoms with Crippen molar-refractivity contribution in [2.24, 2.45) is 0 Å². The molecule has 0 spiro atoms. The topological polar surface area (TPSA) is 23.8 Å². The van der Waals surface area contributed by atoms with Crippen molar-refractivity contribution in [2.75, 3.05) is 0 Å². The quantitative estimate of drug-likeness (QED) is 0.416. The molecule has 0 saturated carbocycles. The highest BCUT2D eigenvalue weighted by Gasteiger charge is 1.92. The molecule has 12 heavy (non-hydrogen) atoms. The molecule has 0 aliphatic carbocycles. The van der Waals surface area contributed by atoms with Gasteiger partial charge in [-0.1, -0.05) is 39.0 Å². The molecule has 1 nitrogen and oxygen atoms in total. The fraction of sp³-hybridized carbons (Fsp3) is 0.727. The number of nitriles is 1. The van der Waals surface area contributed by atoms with Gasteiger partial charge in [-0.3, -0.25) is 0 Å². The molecule has 1 heteroatoms. The van der Waals surface area contributed by atoms with Crippen LogP contribution in [0, 0.1) is 17.9 Å². The first-order valence-corrected chi connectivity index (χ1v) is 4.82. The summed E-state index contributed by atoms with van der Waals surface area (Å²) in [5.41, 5.74) is 0.477. The van der Waals surface area contributed by atoms with Crippen LogP contribution in [-0.4, -0.2) is 0 Å². The zero-order chi connectivity index (χ0) is 9.23. The molecule has 1 radical (unpaired) electrons. The summed E-state index contributed by atoms with van der Waals surface area (Å²) in [5, 5.41) is 8.36. The Bertz CT molecular complexity index is 153. The third kappa shape index (κ3) is 7.34. The molecule has 0 aliphatic rings. The number of allylic oxidation sites excluding steroid dienone is 1. The Morgan fingerprint density at radius 2 is 1.75 bits per heavy atom. The van der Waals surface area contributed by atoms with Gasteiger partial charge in [-0.2, -0.15) is 5.26 Å². The Labute approximate surface area is 76.1 Å². The summed E-state index contributed by atoms with van der Waals surface area (Å²) in [6, 6.07) is 1.96. The van der Waals surface area contributed by atoms with E-state index < -0.39 is 0 Å². The number of unbranched alkanes of at least 4 members (excludes halogenated alkanes) is 5. The van der Waals surface area contributed by atoms with E-state index in [9.17, 15) is 0 Å². The minimum Gasteiger partial charge on any atom is -0.193 e. The molecule has 0 rings (SSSR count). The van der Waals surface area contributed by atoms with Crippen molar-refractivity contribution in [2.45, 2.75) is 51.9 Å². The molecule has 0 unspecified atom stereocenters. The molecule has 0 aliphatic heterocycles. The van der Waals surface area contributed by atoms with Gasteiger partial charge in [0.1, 0.15) is 0 Å². The normalized spacial score (nSPS) is 9.33. The standard InChI is InChI=1S/C11H18N/c1-3-4-5-6-7-8-9-11(2)10-12/h2H,3-9H2,1H3. The predicted molar refractivity (Wildman–Crippen MR) is 51.4 cm³/mol. The van der Waals surface area contributed by atoms with Crippen LogP contribution >= 0.6 is 0 Å². The Hall–Kier alpha value is -0.770. The van der Waals surface area contributed by atoms with Gasteiger partial charge in [0.05, 0.1) is 6.07 Å². The maximum absolute atomic E-state index is 8.36. The molecule has 0 amide bonds. The van der Waals surface area contributed by atoms with Crippen LogP contribution < -0.4 is 0 Å². The molecule has 0 atom stereocenters. The van der Waals surface area contributed by atoms with Gasteiger partial charge in [-0.15, -0.1) is 0 Å². The van der Waals surface area contributed by atoms with E-state index in [1.54, 1.807) is 0 Å². The predicted octanol–water partition coefficient (Wildman–Crippen LogP) is 3.62. The zero-order valence-electron chi connectivity index (χ0n) is 7.97. The lowest BCUT2D eigenvalue weighted by atomic mass is 10.1. The molecule has 0 aromatic carbocycles. The number of hydrogen-bond acceptors (Lipinski definition) is 1. The minimum atomic E-state index is 0.477. The van der Waals surface area contributed by atoms with Crippen LogP contribution in [0.2, 0.25) is 0 Å². The molecule has 0 heterocycles. The number of hydrogen-bond donors (Lipinski definition) is 0. The van der Waals surface area contributed by atoms with Crippen LogP contribution in [0.3, 0.4) is 0 Å². The highest BCUT2D eigenvalue weighted by Crippen LogP contribution is 2.09. The number of rotatable bonds is 7. The van der Waals surface area contributed by atoms with Gasteiger partial charge in [-0.25, -0.2) is 0 Å². The molecule has 0 fully saturated rings. The highest BCUT2D eigenvalue weighted by atomic mass is 14.2. The first kappa shape index (κ1) is 11.2. The lowest BCUT2D eigenvalue weighted by molar-refractivity contribution is 0.608. The third-order valence-electron chi connectivity index (χ3n) is 1.94. The molecule has 0 bridgehead atoms. The first-order chi connectivity index (χ1) is 5.81. The summed E-state index contributed by atoms with van der Waals surface area (Å²) >= 11 is 0. The smallest absolute Gasteiger partial charge is 0.0947 e. The van der Waals surface area contributed by atoms with E-state index in [0.717, 1.165) is 12.8 Å². The summed E-state index contributed by atoms with van der Waals surface area (Å²) in [6.07, 6.45) is 8.29. The summed E-state index contributed by atoms with van der Waals surface area (Å²) < 4.78 is 0. The lowest BCUT2D eigenvalue weighted by Crippen LogP contribution is -1.80. The van der Waals surface area contributed by atoms with Crippen LogP contribution in [0.4, 0.5) is 0 Å². The second-order valence-corrected chi connectivity index (χ2v) is 3.15. The van der Waals surface area contributed by atoms with Crippen molar-refractivity contribution in [3.05, 3.63) is 12.2 Å². The Kier molecular flexibility index (Phi) is 7.79. The van der Waals surface area contributed by atoms with Gasteiger partial charge >= 0.3 is 0 Å². The second kappa shape index (κ2) is 8.33. The van der Waals surface area contributed by atoms with E-state index in [1.807, 2.05) is 6.07 Å². The third-order valence-corrected chi connectivity index (χ3v) is 1.94. The Balaban J connectivity index is 3.02. The van der Waals surface area contributed by atoms with Crippen LogP contribution in [0.15, 0.2) is 5.57 Å². The SMILES string of the molecule is [CH]=C(C#N)CCCCCCCC. The summed E-state index contributed by atoms with van der Waals surface area (Å²) in [6.45, 7) is 7.58. The average Bonchev–Trinajstić information content (AvgIpc) is 2.10. The molecule has 0 aromatic rings. The van der Waals surface area contributed by atoms with Crippen molar-refractivity contribution in [3.8, 4) is 6.07 Å². The van der Waals surface area contributed by atoms with Gasteiger partial charge in [0.25, 0.3) is 0 Å². The monoisotopic (exact) mass is 164 g/mol. The Morgan fingerprint density at radius 3 is 2.33 bits per heavy atom. The zero-order valence-corrected chi connectivity index (χ0v) is 7.97.